The highest BCUT2D eigenvalue weighted by Crippen LogP contribution is 2.36. The Labute approximate surface area is 207 Å². The highest BCUT2D eigenvalue weighted by Gasteiger charge is 2.47. The van der Waals surface area contributed by atoms with Gasteiger partial charge >= 0.3 is 18.4 Å². The number of carbonyl (C=O) groups is 3. The molecule has 2 aromatic carbocycles. The third kappa shape index (κ3) is 5.97. The van der Waals surface area contributed by atoms with Gasteiger partial charge in [-0.2, -0.15) is 26.3 Å². The zero-order valence-corrected chi connectivity index (χ0v) is 19.1. The van der Waals surface area contributed by atoms with Gasteiger partial charge in [-0.1, -0.05) is 30.3 Å². The van der Waals surface area contributed by atoms with E-state index in [0.717, 1.165) is 10.5 Å². The molecule has 2 fully saturated rings. The molecule has 2 saturated heterocycles. The van der Waals surface area contributed by atoms with E-state index < -0.39 is 65.6 Å². The molecule has 4 rings (SSSR count). The lowest BCUT2D eigenvalue weighted by Crippen LogP contribution is -2.51. The van der Waals surface area contributed by atoms with Gasteiger partial charge in [-0.3, -0.25) is 9.59 Å². The van der Waals surface area contributed by atoms with Crippen molar-refractivity contribution in [3.63, 3.8) is 0 Å². The fraction of sp³-hybridized carbons (Fsp3) is 0.375. The number of likely N-dealkylation sites (tertiary alicyclic amines) is 1. The lowest BCUT2D eigenvalue weighted by Gasteiger charge is -2.28. The Bertz CT molecular complexity index is 1150. The molecular formula is C24H21F6N3O4. The van der Waals surface area contributed by atoms with Crippen molar-refractivity contribution in [2.75, 3.05) is 13.1 Å². The molecule has 2 aliphatic rings. The van der Waals surface area contributed by atoms with Gasteiger partial charge in [0.25, 0.3) is 0 Å². The number of rotatable bonds is 4. The van der Waals surface area contributed by atoms with Crippen LogP contribution in [-0.4, -0.2) is 52.9 Å². The Morgan fingerprint density at radius 1 is 0.946 bits per heavy atom. The summed E-state index contributed by atoms with van der Waals surface area (Å²) in [7, 11) is 0. The first-order valence-electron chi connectivity index (χ1n) is 11.2. The van der Waals surface area contributed by atoms with Gasteiger partial charge in [0.2, 0.25) is 11.8 Å². The maximum absolute atomic E-state index is 13.1. The van der Waals surface area contributed by atoms with E-state index >= 15 is 0 Å². The van der Waals surface area contributed by atoms with Crippen molar-refractivity contribution in [3.8, 4) is 0 Å². The molecule has 0 radical (unpaired) electrons. The number of ether oxygens (including phenoxy) is 1. The number of hydrogen-bond donors (Lipinski definition) is 1. The zero-order chi connectivity index (χ0) is 27.0. The molecule has 2 atom stereocenters. The number of nitrogens with one attached hydrogen (secondary N) is 1. The smallest absolute Gasteiger partial charge is 0.416 e. The van der Waals surface area contributed by atoms with Gasteiger partial charge in [-0.05, 0) is 29.3 Å². The van der Waals surface area contributed by atoms with Crippen LogP contribution in [0.4, 0.5) is 31.1 Å². The average molecular weight is 529 g/mol. The molecule has 0 saturated carbocycles. The fourth-order valence-corrected chi connectivity index (χ4v) is 4.36. The third-order valence-electron chi connectivity index (χ3n) is 6.13. The SMILES string of the molecule is O=C1CCN(C(=O)OCc2cc(C(F)(F)F)cc(C(F)(F)F)c2)C2CN(Cc3ccccc3)C(=O)C2N1. The number of benzene rings is 2. The Hall–Kier alpha value is -3.77. The number of halogens is 6. The summed E-state index contributed by atoms with van der Waals surface area (Å²) in [6, 6.07) is 8.02. The first kappa shape index (κ1) is 26.3. The van der Waals surface area contributed by atoms with E-state index in [2.05, 4.69) is 5.32 Å². The molecule has 198 valence electrons. The molecule has 0 spiro atoms. The molecule has 13 heteroatoms. The highest BCUT2D eigenvalue weighted by molar-refractivity contribution is 5.92. The molecule has 2 unspecified atom stereocenters. The topological polar surface area (TPSA) is 79.0 Å². The van der Waals surface area contributed by atoms with Gasteiger partial charge in [0, 0.05) is 26.1 Å². The van der Waals surface area contributed by atoms with Crippen LogP contribution in [0, 0.1) is 0 Å². The molecular weight excluding hydrogens is 508 g/mol. The minimum atomic E-state index is -5.05. The van der Waals surface area contributed by atoms with Crippen molar-refractivity contribution in [2.24, 2.45) is 0 Å². The summed E-state index contributed by atoms with van der Waals surface area (Å²) in [4.78, 5) is 40.6. The summed E-state index contributed by atoms with van der Waals surface area (Å²) in [5.74, 6) is -0.900. The molecule has 3 amide bonds. The van der Waals surface area contributed by atoms with Gasteiger partial charge in [-0.25, -0.2) is 4.79 Å². The van der Waals surface area contributed by atoms with E-state index in [0.29, 0.717) is 12.1 Å². The minimum Gasteiger partial charge on any atom is -0.445 e. The fourth-order valence-electron chi connectivity index (χ4n) is 4.36. The van der Waals surface area contributed by atoms with Gasteiger partial charge in [-0.15, -0.1) is 0 Å². The second kappa shape index (κ2) is 9.94. The summed E-state index contributed by atoms with van der Waals surface area (Å²) in [6.45, 7) is -0.747. The van der Waals surface area contributed by atoms with Crippen LogP contribution in [0.15, 0.2) is 48.5 Å². The van der Waals surface area contributed by atoms with Crippen LogP contribution in [-0.2, 0) is 39.8 Å². The highest BCUT2D eigenvalue weighted by atomic mass is 19.4. The van der Waals surface area contributed by atoms with E-state index in [-0.39, 0.29) is 32.1 Å². The number of nitrogens with zero attached hydrogens (tertiary/aromatic N) is 2. The summed E-state index contributed by atoms with van der Waals surface area (Å²) < 4.78 is 83.8. The van der Waals surface area contributed by atoms with Crippen molar-refractivity contribution in [3.05, 3.63) is 70.8 Å². The van der Waals surface area contributed by atoms with Crippen LogP contribution in [0.1, 0.15) is 28.7 Å². The molecule has 0 aromatic heterocycles. The number of fused-ring (bicyclic) bond motifs is 1. The van der Waals surface area contributed by atoms with Crippen molar-refractivity contribution >= 4 is 17.9 Å². The van der Waals surface area contributed by atoms with Gasteiger partial charge in [0.1, 0.15) is 12.6 Å². The Kier molecular flexibility index (Phi) is 7.07. The molecule has 2 heterocycles. The van der Waals surface area contributed by atoms with Crippen molar-refractivity contribution in [1.29, 1.82) is 0 Å². The van der Waals surface area contributed by atoms with Crippen LogP contribution >= 0.6 is 0 Å². The first-order chi connectivity index (χ1) is 17.3. The Morgan fingerprint density at radius 2 is 1.57 bits per heavy atom. The predicted octanol–water partition coefficient (Wildman–Crippen LogP) is 3.96. The second-order valence-electron chi connectivity index (χ2n) is 8.73. The molecule has 7 nitrogen and oxygen atoms in total. The Morgan fingerprint density at radius 3 is 2.16 bits per heavy atom. The predicted molar refractivity (Wildman–Crippen MR) is 116 cm³/mol. The van der Waals surface area contributed by atoms with Crippen molar-refractivity contribution in [2.45, 2.75) is 44.0 Å². The van der Waals surface area contributed by atoms with E-state index in [9.17, 15) is 40.7 Å². The van der Waals surface area contributed by atoms with Crippen LogP contribution in [0.25, 0.3) is 0 Å². The summed E-state index contributed by atoms with van der Waals surface area (Å²) >= 11 is 0. The number of alkyl halides is 6. The van der Waals surface area contributed by atoms with E-state index in [1.807, 2.05) is 0 Å². The van der Waals surface area contributed by atoms with Gasteiger partial charge in [0.15, 0.2) is 0 Å². The van der Waals surface area contributed by atoms with E-state index in [1.54, 1.807) is 30.3 Å². The van der Waals surface area contributed by atoms with E-state index in [4.69, 9.17) is 4.74 Å². The number of hydrogen-bond acceptors (Lipinski definition) is 4. The van der Waals surface area contributed by atoms with Crippen molar-refractivity contribution < 1.29 is 45.5 Å². The number of amides is 3. The van der Waals surface area contributed by atoms with Crippen LogP contribution in [0.5, 0.6) is 0 Å². The van der Waals surface area contributed by atoms with Crippen LogP contribution in [0.3, 0.4) is 0 Å². The Balaban J connectivity index is 1.52. The summed E-state index contributed by atoms with van der Waals surface area (Å²) in [5.41, 5.74) is -2.76. The summed E-state index contributed by atoms with van der Waals surface area (Å²) in [6.07, 6.45) is -11.3. The molecule has 37 heavy (non-hydrogen) atoms. The number of carbonyl (C=O) groups excluding carboxylic acids is 3. The van der Waals surface area contributed by atoms with Crippen LogP contribution in [0.2, 0.25) is 0 Å². The minimum absolute atomic E-state index is 0.0204. The standard InChI is InChI=1S/C24H21F6N3O4/c25-23(26,27)16-8-15(9-17(10-16)24(28,29)30)13-37-22(36)33-7-6-19(34)31-20-18(33)12-32(21(20)35)11-14-4-2-1-3-5-14/h1-5,8-10,18,20H,6-7,11-13H2,(H,31,34). The van der Waals surface area contributed by atoms with Crippen molar-refractivity contribution in [1.82, 2.24) is 15.1 Å². The molecule has 1 N–H and O–H groups in total. The normalized spacial score (nSPS) is 20.4. The maximum Gasteiger partial charge on any atom is 0.416 e. The molecule has 2 aliphatic heterocycles. The lowest BCUT2D eigenvalue weighted by atomic mass is 10.1. The molecule has 0 aliphatic carbocycles. The zero-order valence-electron chi connectivity index (χ0n) is 19.1. The van der Waals surface area contributed by atoms with Crippen LogP contribution < -0.4 is 5.32 Å². The maximum atomic E-state index is 13.1. The molecule has 2 aromatic rings. The second-order valence-corrected chi connectivity index (χ2v) is 8.73. The third-order valence-corrected chi connectivity index (χ3v) is 6.13. The lowest BCUT2D eigenvalue weighted by molar-refractivity contribution is -0.143. The average Bonchev–Trinajstić information content (AvgIpc) is 3.01. The first-order valence-corrected chi connectivity index (χ1v) is 11.2. The quantitative estimate of drug-likeness (QED) is 0.609. The largest absolute Gasteiger partial charge is 0.445 e. The van der Waals surface area contributed by atoms with Gasteiger partial charge in [0.05, 0.1) is 17.2 Å². The summed E-state index contributed by atoms with van der Waals surface area (Å²) in [5, 5.41) is 2.58. The van der Waals surface area contributed by atoms with Gasteiger partial charge < -0.3 is 19.9 Å². The molecule has 0 bridgehead atoms. The monoisotopic (exact) mass is 529 g/mol. The van der Waals surface area contributed by atoms with E-state index in [1.165, 1.54) is 4.90 Å².